The van der Waals surface area contributed by atoms with E-state index in [2.05, 4.69) is 49.8 Å². The molecule has 0 aliphatic heterocycles. The second-order valence-corrected chi connectivity index (χ2v) is 7.52. The molecule has 2 aromatic rings. The maximum absolute atomic E-state index is 11.9. The minimum atomic E-state index is -0.482. The number of rotatable bonds is 4. The molecule has 0 bridgehead atoms. The summed E-state index contributed by atoms with van der Waals surface area (Å²) in [6, 6.07) is 9.44. The van der Waals surface area contributed by atoms with E-state index in [0.29, 0.717) is 0 Å². The van der Waals surface area contributed by atoms with Crippen LogP contribution in [0.2, 0.25) is 0 Å². The lowest BCUT2D eigenvalue weighted by atomic mass is 9.87. The molecule has 2 rings (SSSR count). The van der Waals surface area contributed by atoms with Crippen molar-refractivity contribution in [2.24, 2.45) is 0 Å². The Morgan fingerprint density at radius 3 is 2.54 bits per heavy atom. The van der Waals surface area contributed by atoms with Gasteiger partial charge in [0.2, 0.25) is 5.91 Å². The molecule has 0 unspecified atom stereocenters. The summed E-state index contributed by atoms with van der Waals surface area (Å²) in [5.74, 6) is -0.395. The zero-order valence-corrected chi connectivity index (χ0v) is 15.1. The molecule has 24 heavy (non-hydrogen) atoms. The number of nitrogens with one attached hydrogen (secondary N) is 2. The van der Waals surface area contributed by atoms with Crippen LogP contribution >= 0.6 is 11.8 Å². The number of thioether (sulfide) groups is 1. The number of benzene rings is 1. The molecule has 0 aliphatic carbocycles. The SMILES string of the molecule is Cc1ccc(C(C)(C)C)cc1SCC(=O)NNC(=O)c1ccco1. The second kappa shape index (κ2) is 7.57. The Kier molecular flexibility index (Phi) is 5.72. The van der Waals surface area contributed by atoms with Crippen LogP contribution in [-0.2, 0) is 10.2 Å². The van der Waals surface area contributed by atoms with Crippen molar-refractivity contribution in [3.8, 4) is 0 Å². The van der Waals surface area contributed by atoms with E-state index in [0.717, 1.165) is 10.5 Å². The van der Waals surface area contributed by atoms with E-state index in [9.17, 15) is 9.59 Å². The van der Waals surface area contributed by atoms with Gasteiger partial charge in [0.25, 0.3) is 0 Å². The highest BCUT2D eigenvalue weighted by Gasteiger charge is 2.15. The molecule has 2 amide bonds. The number of aryl methyl sites for hydroxylation is 1. The Morgan fingerprint density at radius 2 is 1.92 bits per heavy atom. The first-order valence-electron chi connectivity index (χ1n) is 7.64. The van der Waals surface area contributed by atoms with Gasteiger partial charge in [0.15, 0.2) is 5.76 Å². The number of hydrogen-bond donors (Lipinski definition) is 2. The van der Waals surface area contributed by atoms with Crippen molar-refractivity contribution < 1.29 is 14.0 Å². The maximum Gasteiger partial charge on any atom is 0.305 e. The normalized spacial score (nSPS) is 11.2. The van der Waals surface area contributed by atoms with E-state index in [1.54, 1.807) is 6.07 Å². The van der Waals surface area contributed by atoms with E-state index < -0.39 is 5.91 Å². The van der Waals surface area contributed by atoms with Gasteiger partial charge >= 0.3 is 5.91 Å². The predicted molar refractivity (Wildman–Crippen MR) is 94.9 cm³/mol. The largest absolute Gasteiger partial charge is 0.459 e. The number of hydrazine groups is 1. The average Bonchev–Trinajstić information content (AvgIpc) is 3.05. The molecular formula is C18H22N2O3S. The van der Waals surface area contributed by atoms with Crippen LogP contribution in [0.25, 0.3) is 0 Å². The van der Waals surface area contributed by atoms with Crippen LogP contribution < -0.4 is 10.9 Å². The lowest BCUT2D eigenvalue weighted by Crippen LogP contribution is -2.42. The van der Waals surface area contributed by atoms with Crippen molar-refractivity contribution in [1.82, 2.24) is 10.9 Å². The Hall–Kier alpha value is -2.21. The lowest BCUT2D eigenvalue weighted by Gasteiger charge is -2.20. The highest BCUT2D eigenvalue weighted by molar-refractivity contribution is 8.00. The molecule has 2 N–H and O–H groups in total. The zero-order chi connectivity index (χ0) is 17.7. The Morgan fingerprint density at radius 1 is 1.17 bits per heavy atom. The van der Waals surface area contributed by atoms with Crippen molar-refractivity contribution in [2.45, 2.75) is 38.0 Å². The Balaban J connectivity index is 1.88. The number of hydrogen-bond acceptors (Lipinski definition) is 4. The molecule has 0 aliphatic rings. The smallest absolute Gasteiger partial charge is 0.305 e. The van der Waals surface area contributed by atoms with E-state index in [1.807, 2.05) is 6.92 Å². The van der Waals surface area contributed by atoms with Gasteiger partial charge in [-0.25, -0.2) is 0 Å². The molecule has 0 radical (unpaired) electrons. The maximum atomic E-state index is 11.9. The summed E-state index contributed by atoms with van der Waals surface area (Å²) in [7, 11) is 0. The van der Waals surface area contributed by atoms with Gasteiger partial charge in [0, 0.05) is 4.90 Å². The third-order valence-corrected chi connectivity index (χ3v) is 4.63. The highest BCUT2D eigenvalue weighted by Crippen LogP contribution is 2.29. The second-order valence-electron chi connectivity index (χ2n) is 6.50. The molecule has 1 heterocycles. The summed E-state index contributed by atoms with van der Waals surface area (Å²) in [6.45, 7) is 8.49. The fraction of sp³-hybridized carbons (Fsp3) is 0.333. The topological polar surface area (TPSA) is 71.3 Å². The molecular weight excluding hydrogens is 324 g/mol. The third kappa shape index (κ3) is 4.89. The highest BCUT2D eigenvalue weighted by atomic mass is 32.2. The van der Waals surface area contributed by atoms with Crippen LogP contribution in [0.15, 0.2) is 45.9 Å². The summed E-state index contributed by atoms with van der Waals surface area (Å²) in [4.78, 5) is 24.6. The third-order valence-electron chi connectivity index (χ3n) is 3.47. The minimum Gasteiger partial charge on any atom is -0.459 e. The quantitative estimate of drug-likeness (QED) is 0.657. The molecule has 128 valence electrons. The Labute approximate surface area is 146 Å². The molecule has 0 fully saturated rings. The van der Waals surface area contributed by atoms with Gasteiger partial charge < -0.3 is 4.42 Å². The van der Waals surface area contributed by atoms with Gasteiger partial charge in [0.1, 0.15) is 0 Å². The van der Waals surface area contributed by atoms with Crippen LogP contribution in [-0.4, -0.2) is 17.6 Å². The van der Waals surface area contributed by atoms with Crippen molar-refractivity contribution in [3.63, 3.8) is 0 Å². The molecule has 0 saturated carbocycles. The van der Waals surface area contributed by atoms with Gasteiger partial charge in [-0.2, -0.15) is 0 Å². The molecule has 1 aromatic carbocycles. The van der Waals surface area contributed by atoms with E-state index in [1.165, 1.54) is 29.7 Å². The van der Waals surface area contributed by atoms with Crippen LogP contribution in [0.3, 0.4) is 0 Å². The first-order valence-corrected chi connectivity index (χ1v) is 8.62. The van der Waals surface area contributed by atoms with E-state index in [4.69, 9.17) is 4.42 Å². The first kappa shape index (κ1) is 18.1. The molecule has 5 nitrogen and oxygen atoms in total. The fourth-order valence-corrected chi connectivity index (χ4v) is 2.86. The van der Waals surface area contributed by atoms with Gasteiger partial charge in [0.05, 0.1) is 12.0 Å². The first-order chi connectivity index (χ1) is 11.3. The predicted octanol–water partition coefficient (Wildman–Crippen LogP) is 3.44. The minimum absolute atomic E-state index is 0.0578. The summed E-state index contributed by atoms with van der Waals surface area (Å²) >= 11 is 1.45. The summed E-state index contributed by atoms with van der Waals surface area (Å²) < 4.78 is 4.95. The number of amides is 2. The Bertz CT molecular complexity index is 718. The molecule has 6 heteroatoms. The van der Waals surface area contributed by atoms with Gasteiger partial charge in [-0.05, 0) is 41.7 Å². The monoisotopic (exact) mass is 346 g/mol. The van der Waals surface area contributed by atoms with Crippen LogP contribution in [0.5, 0.6) is 0 Å². The van der Waals surface area contributed by atoms with Crippen molar-refractivity contribution >= 4 is 23.6 Å². The van der Waals surface area contributed by atoms with Crippen LogP contribution in [0.1, 0.15) is 42.5 Å². The number of carbonyl (C=O) groups is 2. The number of furan rings is 1. The van der Waals surface area contributed by atoms with Gasteiger partial charge in [-0.15, -0.1) is 11.8 Å². The van der Waals surface area contributed by atoms with Crippen LogP contribution in [0, 0.1) is 6.92 Å². The molecule has 0 spiro atoms. The van der Waals surface area contributed by atoms with Gasteiger partial charge in [-0.1, -0.05) is 32.9 Å². The van der Waals surface area contributed by atoms with E-state index >= 15 is 0 Å². The summed E-state index contributed by atoms with van der Waals surface area (Å²) in [5, 5.41) is 0. The number of carbonyl (C=O) groups excluding carboxylic acids is 2. The van der Waals surface area contributed by atoms with Crippen LogP contribution in [0.4, 0.5) is 0 Å². The molecule has 0 saturated heterocycles. The van der Waals surface area contributed by atoms with Crippen molar-refractivity contribution in [1.29, 1.82) is 0 Å². The van der Waals surface area contributed by atoms with Crippen molar-refractivity contribution in [2.75, 3.05) is 5.75 Å². The summed E-state index contributed by atoms with van der Waals surface area (Å²) in [6.07, 6.45) is 1.40. The van der Waals surface area contributed by atoms with E-state index in [-0.39, 0.29) is 22.8 Å². The fourth-order valence-electron chi connectivity index (χ4n) is 2.00. The summed E-state index contributed by atoms with van der Waals surface area (Å²) in [5.41, 5.74) is 7.12. The zero-order valence-electron chi connectivity index (χ0n) is 14.3. The standard InChI is InChI=1S/C18H22N2O3S/c1-12-7-8-13(18(2,3)4)10-15(12)24-11-16(21)19-20-17(22)14-6-5-9-23-14/h5-10H,11H2,1-4H3,(H,19,21)(H,20,22). The van der Waals surface area contributed by atoms with Crippen molar-refractivity contribution in [3.05, 3.63) is 53.5 Å². The molecule has 1 aromatic heterocycles. The average molecular weight is 346 g/mol. The van der Waals surface area contributed by atoms with Gasteiger partial charge in [-0.3, -0.25) is 20.4 Å². The molecule has 0 atom stereocenters. The lowest BCUT2D eigenvalue weighted by molar-refractivity contribution is -0.119.